The summed E-state index contributed by atoms with van der Waals surface area (Å²) in [6, 6.07) is 14.8. The number of ether oxygens (including phenoxy) is 2. The van der Waals surface area contributed by atoms with Crippen LogP contribution in [0.1, 0.15) is 0 Å². The second kappa shape index (κ2) is 5.32. The first-order chi connectivity index (χ1) is 10.2. The molecule has 0 radical (unpaired) electrons. The number of aromatic amines is 1. The van der Waals surface area contributed by atoms with Crippen LogP contribution in [0.15, 0.2) is 53.3 Å². The minimum Gasteiger partial charge on any atom is -0.496 e. The van der Waals surface area contributed by atoms with E-state index in [0.717, 1.165) is 11.3 Å². The van der Waals surface area contributed by atoms with Crippen LogP contribution in [-0.2, 0) is 0 Å². The molecule has 0 aliphatic rings. The average molecular weight is 281 g/mol. The molecule has 0 aliphatic carbocycles. The van der Waals surface area contributed by atoms with Crippen molar-refractivity contribution in [2.45, 2.75) is 0 Å². The van der Waals surface area contributed by atoms with Gasteiger partial charge in [-0.3, -0.25) is 4.79 Å². The van der Waals surface area contributed by atoms with E-state index in [4.69, 9.17) is 9.47 Å². The number of methoxy groups -OCH3 is 2. The van der Waals surface area contributed by atoms with Crippen LogP contribution in [-0.4, -0.2) is 19.2 Å². The van der Waals surface area contributed by atoms with Gasteiger partial charge in [0.05, 0.1) is 25.1 Å². The third-order valence-electron chi connectivity index (χ3n) is 3.44. The highest BCUT2D eigenvalue weighted by Crippen LogP contribution is 2.31. The van der Waals surface area contributed by atoms with Gasteiger partial charge in [-0.15, -0.1) is 0 Å². The highest BCUT2D eigenvalue weighted by atomic mass is 16.5. The number of pyridine rings is 1. The lowest BCUT2D eigenvalue weighted by atomic mass is 10.1. The lowest BCUT2D eigenvalue weighted by molar-refractivity contribution is 0.409. The first-order valence-corrected chi connectivity index (χ1v) is 6.58. The third-order valence-corrected chi connectivity index (χ3v) is 3.44. The van der Waals surface area contributed by atoms with Gasteiger partial charge in [0.15, 0.2) is 5.43 Å². The summed E-state index contributed by atoms with van der Waals surface area (Å²) in [5, 5.41) is 0.497. The number of rotatable bonds is 3. The van der Waals surface area contributed by atoms with E-state index in [1.807, 2.05) is 30.3 Å². The summed E-state index contributed by atoms with van der Waals surface area (Å²) >= 11 is 0. The Hall–Kier alpha value is -2.75. The van der Waals surface area contributed by atoms with Gasteiger partial charge >= 0.3 is 0 Å². The summed E-state index contributed by atoms with van der Waals surface area (Å²) in [7, 11) is 3.13. The largest absolute Gasteiger partial charge is 0.496 e. The maximum atomic E-state index is 12.5. The number of aromatic nitrogens is 1. The van der Waals surface area contributed by atoms with Crippen molar-refractivity contribution in [3.05, 3.63) is 58.8 Å². The lowest BCUT2D eigenvalue weighted by Crippen LogP contribution is -2.06. The molecule has 4 heteroatoms. The van der Waals surface area contributed by atoms with Crippen LogP contribution in [0.2, 0.25) is 0 Å². The molecule has 1 aromatic heterocycles. The second-order valence-corrected chi connectivity index (χ2v) is 4.63. The average Bonchev–Trinajstić information content (AvgIpc) is 2.54. The molecule has 0 aliphatic heterocycles. The Labute approximate surface area is 122 Å². The fraction of sp³-hybridized carbons (Fsp3) is 0.118. The molecule has 1 heterocycles. The zero-order valence-electron chi connectivity index (χ0n) is 11.8. The topological polar surface area (TPSA) is 51.3 Å². The number of hydrogen-bond donors (Lipinski definition) is 1. The standard InChI is InChI=1S/C17H15NO3/c1-20-14-8-9-15(21-2)17-16(14)13(19)10-12(18-17)11-6-4-3-5-7-11/h3-10H,1-2H3,(H,18,19). The smallest absolute Gasteiger partial charge is 0.193 e. The summed E-state index contributed by atoms with van der Waals surface area (Å²) < 4.78 is 10.6. The molecule has 3 aromatic rings. The molecule has 3 rings (SSSR count). The van der Waals surface area contributed by atoms with Gasteiger partial charge in [-0.1, -0.05) is 30.3 Å². The van der Waals surface area contributed by atoms with E-state index in [-0.39, 0.29) is 5.43 Å². The fourth-order valence-electron chi connectivity index (χ4n) is 2.42. The maximum absolute atomic E-state index is 12.5. The van der Waals surface area contributed by atoms with Crippen molar-refractivity contribution in [1.82, 2.24) is 4.98 Å². The van der Waals surface area contributed by atoms with Gasteiger partial charge in [-0.2, -0.15) is 0 Å². The normalized spacial score (nSPS) is 10.6. The first-order valence-electron chi connectivity index (χ1n) is 6.58. The van der Waals surface area contributed by atoms with Crippen LogP contribution in [0.25, 0.3) is 22.2 Å². The van der Waals surface area contributed by atoms with E-state index in [0.29, 0.717) is 22.4 Å². The molecule has 0 atom stereocenters. The van der Waals surface area contributed by atoms with Crippen LogP contribution < -0.4 is 14.9 Å². The molecule has 4 nitrogen and oxygen atoms in total. The molecule has 0 bridgehead atoms. The van der Waals surface area contributed by atoms with Crippen molar-refractivity contribution in [2.75, 3.05) is 14.2 Å². The van der Waals surface area contributed by atoms with E-state index in [9.17, 15) is 4.79 Å². The molecular weight excluding hydrogens is 266 g/mol. The molecule has 106 valence electrons. The summed E-state index contributed by atoms with van der Waals surface area (Å²) in [5.41, 5.74) is 2.24. The summed E-state index contributed by atoms with van der Waals surface area (Å²) in [6.07, 6.45) is 0. The van der Waals surface area contributed by atoms with E-state index >= 15 is 0 Å². The summed E-state index contributed by atoms with van der Waals surface area (Å²) in [5.74, 6) is 1.15. The number of fused-ring (bicyclic) bond motifs is 1. The van der Waals surface area contributed by atoms with Gasteiger partial charge in [0.1, 0.15) is 11.5 Å². The molecule has 21 heavy (non-hydrogen) atoms. The Morgan fingerprint density at radius 2 is 1.57 bits per heavy atom. The van der Waals surface area contributed by atoms with E-state index in [1.165, 1.54) is 0 Å². The van der Waals surface area contributed by atoms with E-state index in [2.05, 4.69) is 4.98 Å². The Morgan fingerprint density at radius 1 is 0.905 bits per heavy atom. The minimum atomic E-state index is -0.0987. The lowest BCUT2D eigenvalue weighted by Gasteiger charge is -2.11. The molecule has 0 saturated carbocycles. The molecule has 2 aromatic carbocycles. The van der Waals surface area contributed by atoms with Crippen LogP contribution in [0.4, 0.5) is 0 Å². The molecule has 0 spiro atoms. The highest BCUT2D eigenvalue weighted by Gasteiger charge is 2.13. The van der Waals surface area contributed by atoms with E-state index < -0.39 is 0 Å². The van der Waals surface area contributed by atoms with Gasteiger partial charge in [-0.05, 0) is 17.7 Å². The molecule has 0 amide bonds. The van der Waals surface area contributed by atoms with Gasteiger partial charge in [0.2, 0.25) is 0 Å². The van der Waals surface area contributed by atoms with Crippen molar-refractivity contribution in [3.8, 4) is 22.8 Å². The Bertz CT molecular complexity index is 838. The van der Waals surface area contributed by atoms with Crippen molar-refractivity contribution in [2.24, 2.45) is 0 Å². The zero-order valence-corrected chi connectivity index (χ0v) is 11.8. The molecule has 0 saturated heterocycles. The number of benzene rings is 2. The van der Waals surface area contributed by atoms with Gasteiger partial charge < -0.3 is 14.5 Å². The Morgan fingerprint density at radius 3 is 2.24 bits per heavy atom. The molecular formula is C17H15NO3. The zero-order chi connectivity index (χ0) is 14.8. The fourth-order valence-corrected chi connectivity index (χ4v) is 2.42. The maximum Gasteiger partial charge on any atom is 0.193 e. The van der Waals surface area contributed by atoms with Crippen LogP contribution >= 0.6 is 0 Å². The van der Waals surface area contributed by atoms with Crippen molar-refractivity contribution in [3.63, 3.8) is 0 Å². The Kier molecular flexibility index (Phi) is 3.36. The van der Waals surface area contributed by atoms with Crippen LogP contribution in [0.5, 0.6) is 11.5 Å². The number of nitrogens with one attached hydrogen (secondary N) is 1. The Balaban J connectivity index is 2.36. The second-order valence-electron chi connectivity index (χ2n) is 4.63. The summed E-state index contributed by atoms with van der Waals surface area (Å²) in [4.78, 5) is 15.7. The quantitative estimate of drug-likeness (QED) is 0.802. The highest BCUT2D eigenvalue weighted by molar-refractivity contribution is 5.91. The van der Waals surface area contributed by atoms with Gasteiger partial charge in [0, 0.05) is 11.8 Å². The van der Waals surface area contributed by atoms with Crippen molar-refractivity contribution >= 4 is 10.9 Å². The third kappa shape index (κ3) is 2.25. The van der Waals surface area contributed by atoms with Crippen LogP contribution in [0.3, 0.4) is 0 Å². The van der Waals surface area contributed by atoms with Gasteiger partial charge in [0.25, 0.3) is 0 Å². The number of hydrogen-bond acceptors (Lipinski definition) is 3. The predicted octanol–water partition coefficient (Wildman–Crippen LogP) is 3.21. The molecule has 0 unspecified atom stereocenters. The first kappa shape index (κ1) is 13.2. The number of H-pyrrole nitrogens is 1. The molecule has 0 fully saturated rings. The monoisotopic (exact) mass is 281 g/mol. The SMILES string of the molecule is COc1ccc(OC)c2c(=O)cc(-c3ccccc3)[nH]c12. The summed E-state index contributed by atoms with van der Waals surface area (Å²) in [6.45, 7) is 0. The van der Waals surface area contributed by atoms with E-state index in [1.54, 1.807) is 32.4 Å². The van der Waals surface area contributed by atoms with Crippen LogP contribution in [0, 0.1) is 0 Å². The minimum absolute atomic E-state index is 0.0987. The van der Waals surface area contributed by atoms with Crippen molar-refractivity contribution in [1.29, 1.82) is 0 Å². The predicted molar refractivity (Wildman–Crippen MR) is 83.1 cm³/mol. The molecule has 1 N–H and O–H groups in total. The van der Waals surface area contributed by atoms with Gasteiger partial charge in [-0.25, -0.2) is 0 Å². The van der Waals surface area contributed by atoms with Crippen molar-refractivity contribution < 1.29 is 9.47 Å².